The lowest BCUT2D eigenvalue weighted by Gasteiger charge is -2.32. The maximum atomic E-state index is 12.7. The lowest BCUT2D eigenvalue weighted by Crippen LogP contribution is -2.41. The summed E-state index contributed by atoms with van der Waals surface area (Å²) in [6, 6.07) is 3.83. The van der Waals surface area contributed by atoms with Crippen molar-refractivity contribution in [1.29, 1.82) is 0 Å². The lowest BCUT2D eigenvalue weighted by molar-refractivity contribution is -0.274. The van der Waals surface area contributed by atoms with E-state index in [2.05, 4.69) is 4.74 Å². The number of nitrogen functional groups attached to an aromatic ring is 1. The number of carbonyl (C=O) groups is 1. The largest absolute Gasteiger partial charge is 0.573 e. The maximum Gasteiger partial charge on any atom is 0.573 e. The Labute approximate surface area is 166 Å². The number of hydrogen-bond acceptors (Lipinski definition) is 6. The quantitative estimate of drug-likeness (QED) is 0.564. The van der Waals surface area contributed by atoms with E-state index in [0.29, 0.717) is 5.47 Å². The molecule has 1 heterocycles. The monoisotopic (exact) mass is 417 g/mol. The maximum absolute atomic E-state index is 12.7. The van der Waals surface area contributed by atoms with Gasteiger partial charge < -0.3 is 19.8 Å². The summed E-state index contributed by atoms with van der Waals surface area (Å²) in [5.74, 6) is -0.213. The number of carbonyl (C=O) groups excluding carboxylic acids is 1. The van der Waals surface area contributed by atoms with Crippen molar-refractivity contribution in [2.24, 2.45) is 0 Å². The molecule has 10 heteroatoms. The molecule has 0 amide bonds. The van der Waals surface area contributed by atoms with E-state index in [0.717, 1.165) is 17.8 Å². The fourth-order valence-corrected chi connectivity index (χ4v) is 3.04. The second kappa shape index (κ2) is 8.00. The molecule has 0 aliphatic carbocycles. The molecule has 1 fully saturated rings. The number of benzene rings is 1. The minimum absolute atomic E-state index is 0.117. The molecule has 0 saturated carbocycles. The molecule has 1 aliphatic rings. The van der Waals surface area contributed by atoms with E-state index in [1.807, 2.05) is 27.7 Å². The van der Waals surface area contributed by atoms with E-state index in [1.165, 1.54) is 25.1 Å². The zero-order valence-electron chi connectivity index (χ0n) is 16.3. The Morgan fingerprint density at radius 2 is 1.82 bits per heavy atom. The van der Waals surface area contributed by atoms with Crippen molar-refractivity contribution in [3.05, 3.63) is 29.2 Å². The molecule has 2 N–H and O–H groups in total. The highest BCUT2D eigenvalue weighted by molar-refractivity contribution is 8.13. The molecule has 0 atom stereocenters. The first-order chi connectivity index (χ1) is 12.7. The predicted octanol–water partition coefficient (Wildman–Crippen LogP) is 4.46. The lowest BCUT2D eigenvalue weighted by atomic mass is 9.78. The van der Waals surface area contributed by atoms with Gasteiger partial charge in [0, 0.05) is 23.9 Å². The summed E-state index contributed by atoms with van der Waals surface area (Å²) in [5.41, 5.74) is 5.35. The fourth-order valence-electron chi connectivity index (χ4n) is 2.45. The van der Waals surface area contributed by atoms with E-state index < -0.39 is 30.4 Å². The molecule has 5 nitrogen and oxygen atoms in total. The van der Waals surface area contributed by atoms with Gasteiger partial charge in [0.15, 0.2) is 5.12 Å². The third-order valence-electron chi connectivity index (χ3n) is 4.60. The molecule has 1 aliphatic heterocycles. The Balaban J connectivity index is 2.46. The molecular formula is C18H23BF3NO4S. The van der Waals surface area contributed by atoms with Crippen molar-refractivity contribution in [2.45, 2.75) is 52.2 Å². The summed E-state index contributed by atoms with van der Waals surface area (Å²) in [5, 5.41) is -0.137. The molecule has 28 heavy (non-hydrogen) atoms. The van der Waals surface area contributed by atoms with Crippen LogP contribution in [0.1, 0.15) is 40.2 Å². The zero-order chi connectivity index (χ0) is 21.3. The number of nitrogens with two attached hydrogens (primary N) is 1. The van der Waals surface area contributed by atoms with Crippen molar-refractivity contribution >= 4 is 35.8 Å². The number of hydrogen-bond donors (Lipinski definition) is 1. The Hall–Kier alpha value is -1.65. The normalized spacial score (nSPS) is 19.0. The Morgan fingerprint density at radius 3 is 2.32 bits per heavy atom. The van der Waals surface area contributed by atoms with Gasteiger partial charge in [0.2, 0.25) is 0 Å². The van der Waals surface area contributed by atoms with Crippen LogP contribution in [0.25, 0.3) is 6.08 Å². The Bertz CT molecular complexity index is 765. The molecule has 0 radical (unpaired) electrons. The van der Waals surface area contributed by atoms with Gasteiger partial charge in [-0.2, -0.15) is 0 Å². The molecular weight excluding hydrogens is 394 g/mol. The van der Waals surface area contributed by atoms with Crippen molar-refractivity contribution in [3.8, 4) is 5.75 Å². The average molecular weight is 417 g/mol. The van der Waals surface area contributed by atoms with Crippen molar-refractivity contribution in [3.63, 3.8) is 0 Å². The molecule has 154 valence electrons. The molecule has 1 aromatic rings. The van der Waals surface area contributed by atoms with Crippen LogP contribution in [0.3, 0.4) is 0 Å². The van der Waals surface area contributed by atoms with Crippen LogP contribution < -0.4 is 10.5 Å². The van der Waals surface area contributed by atoms with Gasteiger partial charge in [0.05, 0.1) is 11.2 Å². The van der Waals surface area contributed by atoms with Crippen molar-refractivity contribution < 1.29 is 32.0 Å². The third-order valence-corrected chi connectivity index (χ3v) is 5.48. The summed E-state index contributed by atoms with van der Waals surface area (Å²) in [6.07, 6.45) is -3.38. The summed E-state index contributed by atoms with van der Waals surface area (Å²) in [6.45, 7) is 8.86. The predicted molar refractivity (Wildman–Crippen MR) is 105 cm³/mol. The first-order valence-electron chi connectivity index (χ1n) is 8.55. The van der Waals surface area contributed by atoms with Gasteiger partial charge in [-0.3, -0.25) is 4.79 Å². The van der Waals surface area contributed by atoms with Crippen molar-refractivity contribution in [2.75, 3.05) is 11.5 Å². The zero-order valence-corrected chi connectivity index (χ0v) is 17.2. The number of alkyl halides is 3. The highest BCUT2D eigenvalue weighted by Gasteiger charge is 2.52. The van der Waals surface area contributed by atoms with E-state index >= 15 is 0 Å². The van der Waals surface area contributed by atoms with Crippen LogP contribution in [0.5, 0.6) is 5.75 Å². The van der Waals surface area contributed by atoms with Gasteiger partial charge in [-0.05, 0) is 51.4 Å². The Kier molecular flexibility index (Phi) is 6.47. The first kappa shape index (κ1) is 22.6. The second-order valence-electron chi connectivity index (χ2n) is 7.43. The molecule has 0 bridgehead atoms. The van der Waals surface area contributed by atoms with Gasteiger partial charge in [-0.25, -0.2) is 0 Å². The summed E-state index contributed by atoms with van der Waals surface area (Å²) in [4.78, 5) is 11.4. The van der Waals surface area contributed by atoms with Crippen LogP contribution in [0.15, 0.2) is 23.7 Å². The van der Waals surface area contributed by atoms with Crippen LogP contribution in [-0.4, -0.2) is 35.6 Å². The van der Waals surface area contributed by atoms with Gasteiger partial charge in [0.25, 0.3) is 0 Å². The number of halogens is 3. The van der Waals surface area contributed by atoms with E-state index in [-0.39, 0.29) is 22.1 Å². The topological polar surface area (TPSA) is 70.8 Å². The molecule has 0 spiro atoms. The van der Waals surface area contributed by atoms with Gasteiger partial charge in [-0.15, -0.1) is 13.2 Å². The van der Waals surface area contributed by atoms with E-state index in [4.69, 9.17) is 15.0 Å². The molecule has 1 saturated heterocycles. The number of thioether (sulfide) groups is 1. The van der Waals surface area contributed by atoms with Crippen molar-refractivity contribution in [1.82, 2.24) is 0 Å². The summed E-state index contributed by atoms with van der Waals surface area (Å²) >= 11 is 1.01. The summed E-state index contributed by atoms with van der Waals surface area (Å²) < 4.78 is 54.3. The van der Waals surface area contributed by atoms with Crippen LogP contribution in [0, 0.1) is 0 Å². The minimum atomic E-state index is -4.85. The fraction of sp³-hybridized carbons (Fsp3) is 0.500. The summed E-state index contributed by atoms with van der Waals surface area (Å²) in [7, 11) is -0.822. The highest BCUT2D eigenvalue weighted by Crippen LogP contribution is 2.40. The van der Waals surface area contributed by atoms with Crippen LogP contribution in [0.2, 0.25) is 0 Å². The van der Waals surface area contributed by atoms with Crippen LogP contribution in [0.4, 0.5) is 18.9 Å². The molecule has 2 rings (SSSR count). The molecule has 0 unspecified atom stereocenters. The number of ether oxygens (including phenoxy) is 1. The number of rotatable bonds is 5. The smallest absolute Gasteiger partial charge is 0.405 e. The SMILES string of the molecule is CC(=O)SCC(=Cc1cc(N)ccc1OC(F)(F)F)B1OC(C)(C)C(C)(C)O1. The second-order valence-corrected chi connectivity index (χ2v) is 8.59. The average Bonchev–Trinajstić information content (AvgIpc) is 2.72. The highest BCUT2D eigenvalue weighted by atomic mass is 32.2. The third kappa shape index (κ3) is 5.68. The Morgan fingerprint density at radius 1 is 1.25 bits per heavy atom. The molecule has 0 aromatic heterocycles. The standard InChI is InChI=1S/C18H23BF3NO4S/c1-11(24)28-10-13(19-26-16(2,3)17(4,5)27-19)8-12-9-14(23)6-7-15(12)25-18(20,21)22/h6-9H,10,23H2,1-5H3. The molecule has 1 aromatic carbocycles. The van der Waals surface area contributed by atoms with E-state index in [9.17, 15) is 18.0 Å². The van der Waals surface area contributed by atoms with Gasteiger partial charge in [0.1, 0.15) is 5.75 Å². The minimum Gasteiger partial charge on any atom is -0.405 e. The van der Waals surface area contributed by atoms with Crippen LogP contribution in [-0.2, 0) is 14.1 Å². The van der Waals surface area contributed by atoms with E-state index in [1.54, 1.807) is 0 Å². The van der Waals surface area contributed by atoms with Gasteiger partial charge >= 0.3 is 13.5 Å². The van der Waals surface area contributed by atoms with Gasteiger partial charge in [-0.1, -0.05) is 17.8 Å². The van der Waals surface area contributed by atoms with Crippen LogP contribution >= 0.6 is 11.8 Å². The first-order valence-corrected chi connectivity index (χ1v) is 9.53. The number of anilines is 1.